The van der Waals surface area contributed by atoms with E-state index in [2.05, 4.69) is 16.6 Å². The lowest BCUT2D eigenvalue weighted by Crippen LogP contribution is -2.20. The number of sulfonamides is 1. The number of aliphatic hydroxyl groups excluding tert-OH is 1. The molecule has 0 aliphatic heterocycles. The first-order valence-corrected chi connectivity index (χ1v) is 7.29. The van der Waals surface area contributed by atoms with Gasteiger partial charge in [-0.2, -0.15) is 0 Å². The van der Waals surface area contributed by atoms with Gasteiger partial charge in [-0.25, -0.2) is 8.42 Å². The number of para-hydroxylation sites is 1. The molecule has 2 N–H and O–H groups in total. The summed E-state index contributed by atoms with van der Waals surface area (Å²) in [7, 11) is -3.36. The summed E-state index contributed by atoms with van der Waals surface area (Å²) >= 11 is 0. The fourth-order valence-corrected chi connectivity index (χ4v) is 2.94. The van der Waals surface area contributed by atoms with Crippen molar-refractivity contribution in [2.45, 2.75) is 13.8 Å². The number of rotatable bonds is 4. The third kappa shape index (κ3) is 4.78. The average Bonchev–Trinajstić information content (AvgIpc) is 2.25. The van der Waals surface area contributed by atoms with Gasteiger partial charge >= 0.3 is 0 Å². The molecule has 0 unspecified atom stereocenters. The van der Waals surface area contributed by atoms with Gasteiger partial charge in [-0.3, -0.25) is 4.72 Å². The highest BCUT2D eigenvalue weighted by atomic mass is 32.2. The highest BCUT2D eigenvalue weighted by Crippen LogP contribution is 2.16. The quantitative estimate of drug-likeness (QED) is 0.811. The van der Waals surface area contributed by atoms with Crippen LogP contribution in [0.5, 0.6) is 0 Å². The molecule has 0 atom stereocenters. The van der Waals surface area contributed by atoms with E-state index in [1.807, 2.05) is 13.8 Å². The molecule has 1 rings (SSSR count). The molecule has 4 nitrogen and oxygen atoms in total. The SMILES string of the molecule is CC(C)CS(=O)(=O)Nc1ccccc1C#CCO. The molecular weight excluding hydrogens is 250 g/mol. The van der Waals surface area contributed by atoms with Crippen molar-refractivity contribution >= 4 is 15.7 Å². The van der Waals surface area contributed by atoms with Crippen LogP contribution in [0.2, 0.25) is 0 Å². The lowest BCUT2D eigenvalue weighted by atomic mass is 10.2. The van der Waals surface area contributed by atoms with Crippen molar-refractivity contribution in [3.05, 3.63) is 29.8 Å². The zero-order valence-corrected chi connectivity index (χ0v) is 11.3. The van der Waals surface area contributed by atoms with Crippen molar-refractivity contribution in [3.63, 3.8) is 0 Å². The largest absolute Gasteiger partial charge is 0.384 e. The maximum absolute atomic E-state index is 11.8. The molecule has 98 valence electrons. The fraction of sp³-hybridized carbons (Fsp3) is 0.385. The lowest BCUT2D eigenvalue weighted by molar-refractivity contribution is 0.350. The molecule has 0 radical (unpaired) electrons. The summed E-state index contributed by atoms with van der Waals surface area (Å²) < 4.78 is 26.2. The number of aliphatic hydroxyl groups is 1. The van der Waals surface area contributed by atoms with Crippen molar-refractivity contribution < 1.29 is 13.5 Å². The third-order valence-corrected chi connectivity index (χ3v) is 3.68. The number of hydrogen-bond acceptors (Lipinski definition) is 3. The van der Waals surface area contributed by atoms with E-state index in [9.17, 15) is 8.42 Å². The molecule has 0 bridgehead atoms. The van der Waals surface area contributed by atoms with Gasteiger partial charge in [-0.15, -0.1) is 0 Å². The van der Waals surface area contributed by atoms with Crippen molar-refractivity contribution in [1.29, 1.82) is 0 Å². The molecule has 0 fully saturated rings. The molecule has 0 aliphatic carbocycles. The minimum absolute atomic E-state index is 0.0539. The molecule has 1 aromatic rings. The van der Waals surface area contributed by atoms with Crippen LogP contribution in [0, 0.1) is 17.8 Å². The van der Waals surface area contributed by atoms with Gasteiger partial charge in [0.1, 0.15) is 6.61 Å². The Labute approximate surface area is 108 Å². The number of benzene rings is 1. The van der Waals surface area contributed by atoms with Crippen LogP contribution in [-0.2, 0) is 10.0 Å². The minimum Gasteiger partial charge on any atom is -0.384 e. The zero-order valence-electron chi connectivity index (χ0n) is 10.5. The van der Waals surface area contributed by atoms with Gasteiger partial charge in [0.2, 0.25) is 10.0 Å². The molecule has 0 spiro atoms. The first kappa shape index (κ1) is 14.6. The highest BCUT2D eigenvalue weighted by molar-refractivity contribution is 7.92. The number of nitrogens with one attached hydrogen (secondary N) is 1. The van der Waals surface area contributed by atoms with Crippen molar-refractivity contribution in [1.82, 2.24) is 0 Å². The van der Waals surface area contributed by atoms with Gasteiger partial charge in [0.25, 0.3) is 0 Å². The zero-order chi connectivity index (χ0) is 13.6. The molecule has 5 heteroatoms. The van der Waals surface area contributed by atoms with Gasteiger partial charge in [-0.05, 0) is 18.1 Å². The summed E-state index contributed by atoms with van der Waals surface area (Å²) in [6, 6.07) is 6.86. The Kier molecular flexibility index (Phi) is 5.20. The summed E-state index contributed by atoms with van der Waals surface area (Å²) in [5.74, 6) is 5.33. The smallest absolute Gasteiger partial charge is 0.233 e. The maximum Gasteiger partial charge on any atom is 0.233 e. The van der Waals surface area contributed by atoms with Crippen LogP contribution in [-0.4, -0.2) is 25.9 Å². The Morgan fingerprint density at radius 3 is 2.61 bits per heavy atom. The number of hydrogen-bond donors (Lipinski definition) is 2. The normalized spacial score (nSPS) is 10.9. The van der Waals surface area contributed by atoms with Crippen molar-refractivity contribution in [3.8, 4) is 11.8 Å². The van der Waals surface area contributed by atoms with Gasteiger partial charge < -0.3 is 5.11 Å². The summed E-state index contributed by atoms with van der Waals surface area (Å²) in [6.45, 7) is 3.43. The third-order valence-electron chi connectivity index (χ3n) is 2.05. The molecule has 1 aromatic carbocycles. The Balaban J connectivity index is 2.97. The first-order valence-electron chi connectivity index (χ1n) is 5.64. The van der Waals surface area contributed by atoms with Crippen LogP contribution in [0.25, 0.3) is 0 Å². The van der Waals surface area contributed by atoms with Crippen LogP contribution < -0.4 is 4.72 Å². The van der Waals surface area contributed by atoms with Crippen LogP contribution in [0.1, 0.15) is 19.4 Å². The van der Waals surface area contributed by atoms with Gasteiger partial charge in [0.15, 0.2) is 0 Å². The van der Waals surface area contributed by atoms with Crippen LogP contribution >= 0.6 is 0 Å². The Morgan fingerprint density at radius 1 is 1.33 bits per heavy atom. The molecular formula is C13H17NO3S. The van der Waals surface area contributed by atoms with E-state index in [1.54, 1.807) is 24.3 Å². The summed E-state index contributed by atoms with van der Waals surface area (Å²) in [5, 5.41) is 8.66. The van der Waals surface area contributed by atoms with E-state index in [0.29, 0.717) is 11.3 Å². The Bertz CT molecular complexity index is 553. The molecule has 18 heavy (non-hydrogen) atoms. The predicted octanol–water partition coefficient (Wildman–Crippen LogP) is 1.43. The van der Waals surface area contributed by atoms with Crippen molar-refractivity contribution in [2.75, 3.05) is 17.1 Å². The second-order valence-corrected chi connectivity index (χ2v) is 6.05. The molecule has 0 aromatic heterocycles. The molecule has 0 aliphatic rings. The molecule has 0 saturated heterocycles. The second kappa shape index (κ2) is 6.43. The van der Waals surface area contributed by atoms with Gasteiger partial charge in [0, 0.05) is 5.56 Å². The van der Waals surface area contributed by atoms with E-state index in [-0.39, 0.29) is 18.3 Å². The second-order valence-electron chi connectivity index (χ2n) is 4.28. The van der Waals surface area contributed by atoms with E-state index in [1.165, 1.54) is 0 Å². The monoisotopic (exact) mass is 267 g/mol. The molecule has 0 heterocycles. The summed E-state index contributed by atoms with van der Waals surface area (Å²) in [4.78, 5) is 0. The summed E-state index contributed by atoms with van der Waals surface area (Å²) in [6.07, 6.45) is 0. The van der Waals surface area contributed by atoms with Crippen LogP contribution in [0.15, 0.2) is 24.3 Å². The van der Waals surface area contributed by atoms with E-state index in [0.717, 1.165) is 0 Å². The highest BCUT2D eigenvalue weighted by Gasteiger charge is 2.14. The van der Waals surface area contributed by atoms with E-state index < -0.39 is 10.0 Å². The number of anilines is 1. The van der Waals surface area contributed by atoms with Crippen molar-refractivity contribution in [2.24, 2.45) is 5.92 Å². The fourth-order valence-electron chi connectivity index (χ4n) is 1.46. The van der Waals surface area contributed by atoms with Crippen LogP contribution in [0.4, 0.5) is 5.69 Å². The summed E-state index contributed by atoms with van der Waals surface area (Å²) in [5.41, 5.74) is 0.998. The van der Waals surface area contributed by atoms with E-state index >= 15 is 0 Å². The van der Waals surface area contributed by atoms with E-state index in [4.69, 9.17) is 5.11 Å². The lowest BCUT2D eigenvalue weighted by Gasteiger charge is -2.11. The predicted molar refractivity (Wildman–Crippen MR) is 72.7 cm³/mol. The standard InChI is InChI=1S/C13H17NO3S/c1-11(2)10-18(16,17)14-13-8-4-3-6-12(13)7-5-9-15/h3-4,6,8,11,14-15H,9-10H2,1-2H3. The minimum atomic E-state index is -3.36. The first-order chi connectivity index (χ1) is 8.44. The van der Waals surface area contributed by atoms with Gasteiger partial charge in [0.05, 0.1) is 11.4 Å². The average molecular weight is 267 g/mol. The Hall–Kier alpha value is -1.51. The molecule has 0 saturated carbocycles. The topological polar surface area (TPSA) is 66.4 Å². The maximum atomic E-state index is 11.8. The van der Waals surface area contributed by atoms with Crippen LogP contribution in [0.3, 0.4) is 0 Å². The Morgan fingerprint density at radius 2 is 2.00 bits per heavy atom. The molecule has 0 amide bonds. The van der Waals surface area contributed by atoms with Gasteiger partial charge in [-0.1, -0.05) is 37.8 Å².